The van der Waals surface area contributed by atoms with Crippen LogP contribution in [0.5, 0.6) is 0 Å². The van der Waals surface area contributed by atoms with Crippen molar-refractivity contribution in [1.29, 1.82) is 0 Å². The minimum absolute atomic E-state index is 0.154. The van der Waals surface area contributed by atoms with Crippen molar-refractivity contribution >= 4 is 19.7 Å². The van der Waals surface area contributed by atoms with Gasteiger partial charge in [0.15, 0.2) is 0 Å². The van der Waals surface area contributed by atoms with Crippen molar-refractivity contribution in [2.24, 2.45) is 0 Å². The van der Waals surface area contributed by atoms with Gasteiger partial charge in [0, 0.05) is 31.8 Å². The van der Waals surface area contributed by atoms with Crippen LogP contribution in [0.1, 0.15) is 11.6 Å². The van der Waals surface area contributed by atoms with Gasteiger partial charge in [0.25, 0.3) is 0 Å². The lowest BCUT2D eigenvalue weighted by atomic mass is 10.0. The van der Waals surface area contributed by atoms with Crippen LogP contribution in [0.2, 0.25) is 30.7 Å². The molecule has 26 heavy (non-hydrogen) atoms. The van der Waals surface area contributed by atoms with E-state index in [1.54, 1.807) is 4.68 Å². The van der Waals surface area contributed by atoms with E-state index in [1.807, 2.05) is 18.3 Å². The number of halogens is 1. The van der Waals surface area contributed by atoms with E-state index in [-0.39, 0.29) is 6.04 Å². The molecule has 6 nitrogen and oxygen atoms in total. The van der Waals surface area contributed by atoms with Crippen molar-refractivity contribution in [1.82, 2.24) is 20.3 Å². The second-order valence-electron chi connectivity index (χ2n) is 7.85. The molecule has 1 aromatic heterocycles. The van der Waals surface area contributed by atoms with Crippen LogP contribution in [-0.4, -0.2) is 49.4 Å². The van der Waals surface area contributed by atoms with Crippen molar-refractivity contribution in [3.63, 3.8) is 0 Å². The topological polar surface area (TPSA) is 61.2 Å². The molecule has 0 aliphatic carbocycles. The highest BCUT2D eigenvalue weighted by atomic mass is 35.5. The molecule has 0 amide bonds. The van der Waals surface area contributed by atoms with Gasteiger partial charge in [0.05, 0.1) is 25.5 Å². The maximum absolute atomic E-state index is 6.33. The molecule has 1 N–H and O–H groups in total. The van der Waals surface area contributed by atoms with Gasteiger partial charge in [0.1, 0.15) is 12.4 Å². The van der Waals surface area contributed by atoms with Gasteiger partial charge in [-0.3, -0.25) is 0 Å². The van der Waals surface area contributed by atoms with E-state index < -0.39 is 8.07 Å². The zero-order valence-electron chi connectivity index (χ0n) is 15.7. The largest absolute Gasteiger partial charge is 0.378 e. The lowest BCUT2D eigenvalue weighted by Gasteiger charge is -2.24. The number of hydrogen-bond donors (Lipinski definition) is 1. The summed E-state index contributed by atoms with van der Waals surface area (Å²) < 4.78 is 13.0. The Morgan fingerprint density at radius 1 is 1.35 bits per heavy atom. The Morgan fingerprint density at radius 3 is 2.92 bits per heavy atom. The molecule has 0 saturated carbocycles. The van der Waals surface area contributed by atoms with E-state index in [0.717, 1.165) is 42.6 Å². The third kappa shape index (κ3) is 5.62. The molecule has 3 rings (SSSR count). The Bertz CT molecular complexity index is 726. The third-order valence-electron chi connectivity index (χ3n) is 4.30. The molecule has 1 saturated heterocycles. The number of ether oxygens (including phenoxy) is 2. The molecule has 1 aromatic carbocycles. The number of nitrogens with zero attached hydrogens (tertiary/aromatic N) is 3. The van der Waals surface area contributed by atoms with Gasteiger partial charge in [-0.25, -0.2) is 4.68 Å². The summed E-state index contributed by atoms with van der Waals surface area (Å²) >= 11 is 6.33. The summed E-state index contributed by atoms with van der Waals surface area (Å²) in [6, 6.07) is 7.28. The van der Waals surface area contributed by atoms with Crippen LogP contribution in [0, 0.1) is 0 Å². The Labute approximate surface area is 160 Å². The molecule has 1 fully saturated rings. The summed E-state index contributed by atoms with van der Waals surface area (Å²) in [6.45, 7) is 10.4. The van der Waals surface area contributed by atoms with Crippen molar-refractivity contribution in [3.05, 3.63) is 35.0 Å². The van der Waals surface area contributed by atoms with E-state index in [1.165, 1.54) is 0 Å². The minimum Gasteiger partial charge on any atom is -0.378 e. The normalized spacial score (nSPS) is 18.2. The zero-order valence-corrected chi connectivity index (χ0v) is 17.4. The highest BCUT2D eigenvalue weighted by Gasteiger charge is 2.17. The molecule has 8 heteroatoms. The summed E-state index contributed by atoms with van der Waals surface area (Å²) in [6.07, 6.45) is 1.90. The number of hydrogen-bond acceptors (Lipinski definition) is 5. The molecule has 0 bridgehead atoms. The molecule has 1 aliphatic heterocycles. The van der Waals surface area contributed by atoms with Crippen molar-refractivity contribution in [2.45, 2.75) is 38.5 Å². The smallest absolute Gasteiger partial charge is 0.141 e. The van der Waals surface area contributed by atoms with Gasteiger partial charge in [-0.05, 0) is 29.8 Å². The summed E-state index contributed by atoms with van der Waals surface area (Å²) in [5.74, 6) is 0. The fraction of sp³-hybridized carbons (Fsp3) is 0.556. The van der Waals surface area contributed by atoms with Crippen LogP contribution >= 0.6 is 11.6 Å². The van der Waals surface area contributed by atoms with E-state index >= 15 is 0 Å². The number of morpholine rings is 1. The van der Waals surface area contributed by atoms with Crippen LogP contribution in [-0.2, 0) is 16.2 Å². The number of rotatable bonds is 7. The summed E-state index contributed by atoms with van der Waals surface area (Å²) in [4.78, 5) is 0. The number of nitrogens with one attached hydrogen (secondary N) is 1. The van der Waals surface area contributed by atoms with Crippen LogP contribution in [0.3, 0.4) is 0 Å². The Morgan fingerprint density at radius 2 is 2.19 bits per heavy atom. The molecule has 1 atom stereocenters. The van der Waals surface area contributed by atoms with Gasteiger partial charge in [-0.2, -0.15) is 0 Å². The standard InChI is InChI=1S/C18H27ClN4O2Si/c1-26(2,3)7-6-25-13-23-11-17(21-22-23)14-8-15(10-16(19)9-14)18-12-24-5-4-20-18/h8-11,18,20H,4-7,12-13H2,1-3H3. The Kier molecular flexibility index (Phi) is 6.47. The van der Waals surface area contributed by atoms with Crippen LogP contribution in [0.4, 0.5) is 0 Å². The van der Waals surface area contributed by atoms with Gasteiger partial charge in [-0.1, -0.05) is 36.5 Å². The lowest BCUT2D eigenvalue weighted by Crippen LogP contribution is -2.34. The molecule has 2 aromatic rings. The maximum atomic E-state index is 6.33. The minimum atomic E-state index is -1.07. The van der Waals surface area contributed by atoms with E-state index in [0.29, 0.717) is 18.4 Å². The van der Waals surface area contributed by atoms with E-state index in [4.69, 9.17) is 21.1 Å². The molecule has 1 aliphatic rings. The fourth-order valence-electron chi connectivity index (χ4n) is 2.77. The molecule has 142 valence electrons. The SMILES string of the molecule is C[Si](C)(C)CCOCn1cc(-c2cc(Cl)cc(C3COCCN3)c2)nn1. The lowest BCUT2D eigenvalue weighted by molar-refractivity contribution is 0.0769. The predicted octanol–water partition coefficient (Wildman–Crippen LogP) is 3.57. The molecule has 2 heterocycles. The van der Waals surface area contributed by atoms with Crippen molar-refractivity contribution < 1.29 is 9.47 Å². The average Bonchev–Trinajstić information content (AvgIpc) is 3.07. The number of aromatic nitrogens is 3. The predicted molar refractivity (Wildman–Crippen MR) is 106 cm³/mol. The van der Waals surface area contributed by atoms with Gasteiger partial charge in [0.2, 0.25) is 0 Å². The van der Waals surface area contributed by atoms with E-state index in [9.17, 15) is 0 Å². The van der Waals surface area contributed by atoms with Crippen molar-refractivity contribution in [2.75, 3.05) is 26.4 Å². The first-order valence-electron chi connectivity index (χ1n) is 9.01. The quantitative estimate of drug-likeness (QED) is 0.574. The highest BCUT2D eigenvalue weighted by molar-refractivity contribution is 6.76. The summed E-state index contributed by atoms with van der Waals surface area (Å²) in [7, 11) is -1.07. The zero-order chi connectivity index (χ0) is 18.6. The first kappa shape index (κ1) is 19.5. The monoisotopic (exact) mass is 394 g/mol. The molecule has 0 spiro atoms. The second-order valence-corrected chi connectivity index (χ2v) is 13.9. The van der Waals surface area contributed by atoms with Gasteiger partial charge < -0.3 is 14.8 Å². The van der Waals surface area contributed by atoms with Gasteiger partial charge >= 0.3 is 0 Å². The maximum Gasteiger partial charge on any atom is 0.141 e. The molecular weight excluding hydrogens is 368 g/mol. The highest BCUT2D eigenvalue weighted by Crippen LogP contribution is 2.27. The van der Waals surface area contributed by atoms with Crippen LogP contribution in [0.15, 0.2) is 24.4 Å². The first-order chi connectivity index (χ1) is 12.4. The molecule has 0 radical (unpaired) electrons. The number of benzene rings is 1. The summed E-state index contributed by atoms with van der Waals surface area (Å²) in [5.41, 5.74) is 2.85. The van der Waals surface area contributed by atoms with Gasteiger partial charge in [-0.15, -0.1) is 5.10 Å². The molecule has 1 unspecified atom stereocenters. The van der Waals surface area contributed by atoms with Crippen LogP contribution in [0.25, 0.3) is 11.3 Å². The van der Waals surface area contributed by atoms with Crippen molar-refractivity contribution in [3.8, 4) is 11.3 Å². The fourth-order valence-corrected chi connectivity index (χ4v) is 3.77. The molecular formula is C18H27ClN4O2Si. The first-order valence-corrected chi connectivity index (χ1v) is 13.1. The van der Waals surface area contributed by atoms with Crippen LogP contribution < -0.4 is 5.32 Å². The second kappa shape index (κ2) is 8.62. The van der Waals surface area contributed by atoms with E-state index in [2.05, 4.69) is 41.3 Å². The average molecular weight is 395 g/mol. The third-order valence-corrected chi connectivity index (χ3v) is 6.22. The summed E-state index contributed by atoms with van der Waals surface area (Å²) in [5, 5.41) is 12.6. The Hall–Kier alpha value is -1.25. The Balaban J connectivity index is 1.65.